The van der Waals surface area contributed by atoms with Gasteiger partial charge in [-0.05, 0) is 29.7 Å². The lowest BCUT2D eigenvalue weighted by molar-refractivity contribution is 0.791. The lowest BCUT2D eigenvalue weighted by Crippen LogP contribution is -2.02. The first kappa shape index (κ1) is 13.3. The van der Waals surface area contributed by atoms with Crippen LogP contribution in [0.2, 0.25) is 10.2 Å². The fraction of sp³-hybridized carbons (Fsp3) is 0.286. The molecule has 2 nitrogen and oxygen atoms in total. The van der Waals surface area contributed by atoms with Gasteiger partial charge in [0, 0.05) is 17.1 Å². The average Bonchev–Trinajstić information content (AvgIpc) is 2.31. The Kier molecular flexibility index (Phi) is 4.20. The quantitative estimate of drug-likeness (QED) is 0.774. The second-order valence-electron chi connectivity index (χ2n) is 4.49. The van der Waals surface area contributed by atoms with Crippen LogP contribution in [0.25, 0.3) is 0 Å². The average molecular weight is 281 g/mol. The van der Waals surface area contributed by atoms with Crippen molar-refractivity contribution in [1.82, 2.24) is 9.97 Å². The molecule has 0 aliphatic heterocycles. The van der Waals surface area contributed by atoms with E-state index in [2.05, 4.69) is 23.8 Å². The van der Waals surface area contributed by atoms with E-state index >= 15 is 0 Å². The summed E-state index contributed by atoms with van der Waals surface area (Å²) in [6.07, 6.45) is 0.664. The Morgan fingerprint density at radius 1 is 1.06 bits per heavy atom. The normalized spacial score (nSPS) is 10.9. The molecule has 1 aromatic heterocycles. The molecule has 0 saturated heterocycles. The maximum Gasteiger partial charge on any atom is 0.134 e. The maximum atomic E-state index is 6.01. The first-order chi connectivity index (χ1) is 8.54. The minimum Gasteiger partial charge on any atom is -0.237 e. The number of aromatic nitrogens is 2. The standard InChI is InChI=1S/C14H14Cl2N2/c1-9(2)12-8-13(16)18-14(17-12)7-10-3-5-11(15)6-4-10/h3-6,8-9H,7H2,1-2H3. The molecular weight excluding hydrogens is 267 g/mol. The summed E-state index contributed by atoms with van der Waals surface area (Å²) in [7, 11) is 0. The van der Waals surface area contributed by atoms with E-state index in [0.717, 1.165) is 22.1 Å². The van der Waals surface area contributed by atoms with E-state index in [1.165, 1.54) is 0 Å². The van der Waals surface area contributed by atoms with Gasteiger partial charge in [0.1, 0.15) is 11.0 Å². The molecule has 0 saturated carbocycles. The van der Waals surface area contributed by atoms with Crippen molar-refractivity contribution in [3.8, 4) is 0 Å². The molecule has 2 aromatic rings. The molecule has 1 aromatic carbocycles. The van der Waals surface area contributed by atoms with Crippen molar-refractivity contribution in [2.45, 2.75) is 26.2 Å². The first-order valence-corrected chi connectivity index (χ1v) is 6.58. The van der Waals surface area contributed by atoms with Crippen molar-refractivity contribution in [2.75, 3.05) is 0 Å². The topological polar surface area (TPSA) is 25.8 Å². The van der Waals surface area contributed by atoms with E-state index < -0.39 is 0 Å². The van der Waals surface area contributed by atoms with Crippen molar-refractivity contribution in [3.63, 3.8) is 0 Å². The Morgan fingerprint density at radius 2 is 1.72 bits per heavy atom. The van der Waals surface area contributed by atoms with Gasteiger partial charge in [0.25, 0.3) is 0 Å². The van der Waals surface area contributed by atoms with Gasteiger partial charge in [-0.25, -0.2) is 9.97 Å². The predicted octanol–water partition coefficient (Wildman–Crippen LogP) is 4.50. The molecule has 0 amide bonds. The van der Waals surface area contributed by atoms with Crippen LogP contribution >= 0.6 is 23.2 Å². The molecule has 0 radical (unpaired) electrons. The van der Waals surface area contributed by atoms with Crippen molar-refractivity contribution in [1.29, 1.82) is 0 Å². The summed E-state index contributed by atoms with van der Waals surface area (Å²) >= 11 is 11.9. The molecule has 0 spiro atoms. The first-order valence-electron chi connectivity index (χ1n) is 5.82. The van der Waals surface area contributed by atoms with Gasteiger partial charge in [0.15, 0.2) is 0 Å². The lowest BCUT2D eigenvalue weighted by atomic mass is 10.1. The van der Waals surface area contributed by atoms with Crippen LogP contribution in [-0.2, 0) is 6.42 Å². The molecule has 0 aliphatic rings. The van der Waals surface area contributed by atoms with Crippen LogP contribution < -0.4 is 0 Å². The Morgan fingerprint density at radius 3 is 2.33 bits per heavy atom. The van der Waals surface area contributed by atoms with E-state index in [-0.39, 0.29) is 0 Å². The Balaban J connectivity index is 2.26. The second-order valence-corrected chi connectivity index (χ2v) is 5.31. The minimum absolute atomic E-state index is 0.342. The monoisotopic (exact) mass is 280 g/mol. The second kappa shape index (κ2) is 5.68. The zero-order valence-electron chi connectivity index (χ0n) is 10.3. The van der Waals surface area contributed by atoms with Crippen LogP contribution in [-0.4, -0.2) is 9.97 Å². The Labute approximate surface area is 117 Å². The molecule has 0 unspecified atom stereocenters. The third-order valence-electron chi connectivity index (χ3n) is 2.63. The summed E-state index contributed by atoms with van der Waals surface area (Å²) < 4.78 is 0. The van der Waals surface area contributed by atoms with Crippen molar-refractivity contribution in [3.05, 3.63) is 57.6 Å². The summed E-state index contributed by atoms with van der Waals surface area (Å²) in [5.74, 6) is 1.09. The molecule has 0 N–H and O–H groups in total. The number of benzene rings is 1. The lowest BCUT2D eigenvalue weighted by Gasteiger charge is -2.07. The van der Waals surface area contributed by atoms with Gasteiger partial charge in [-0.2, -0.15) is 0 Å². The van der Waals surface area contributed by atoms with E-state index in [0.29, 0.717) is 17.5 Å². The molecule has 0 atom stereocenters. The van der Waals surface area contributed by atoms with Crippen LogP contribution in [0.1, 0.15) is 36.8 Å². The van der Waals surface area contributed by atoms with Gasteiger partial charge >= 0.3 is 0 Å². The number of nitrogens with zero attached hydrogens (tertiary/aromatic N) is 2. The molecule has 18 heavy (non-hydrogen) atoms. The van der Waals surface area contributed by atoms with E-state index in [1.807, 2.05) is 30.3 Å². The van der Waals surface area contributed by atoms with Gasteiger partial charge in [-0.1, -0.05) is 49.2 Å². The fourth-order valence-corrected chi connectivity index (χ4v) is 1.98. The van der Waals surface area contributed by atoms with Gasteiger partial charge in [-0.15, -0.1) is 0 Å². The van der Waals surface area contributed by atoms with Crippen LogP contribution in [0, 0.1) is 0 Å². The minimum atomic E-state index is 0.342. The molecular formula is C14H14Cl2N2. The molecule has 2 rings (SSSR count). The summed E-state index contributed by atoms with van der Waals surface area (Å²) in [6.45, 7) is 4.18. The van der Waals surface area contributed by atoms with Crippen molar-refractivity contribution in [2.24, 2.45) is 0 Å². The Bertz CT molecular complexity index is 536. The van der Waals surface area contributed by atoms with Gasteiger partial charge in [-0.3, -0.25) is 0 Å². The highest BCUT2D eigenvalue weighted by atomic mass is 35.5. The highest BCUT2D eigenvalue weighted by Crippen LogP contribution is 2.18. The van der Waals surface area contributed by atoms with Crippen molar-refractivity contribution < 1.29 is 0 Å². The number of halogens is 2. The van der Waals surface area contributed by atoms with E-state index in [4.69, 9.17) is 23.2 Å². The van der Waals surface area contributed by atoms with Crippen LogP contribution in [0.5, 0.6) is 0 Å². The summed E-state index contributed by atoms with van der Waals surface area (Å²) in [6, 6.07) is 9.50. The zero-order valence-corrected chi connectivity index (χ0v) is 11.8. The molecule has 4 heteroatoms. The fourth-order valence-electron chi connectivity index (χ4n) is 1.64. The molecule has 0 fully saturated rings. The van der Waals surface area contributed by atoms with Crippen LogP contribution in [0.15, 0.2) is 30.3 Å². The molecule has 0 bridgehead atoms. The van der Waals surface area contributed by atoms with Gasteiger partial charge in [0.2, 0.25) is 0 Å². The molecule has 1 heterocycles. The van der Waals surface area contributed by atoms with Crippen LogP contribution in [0.4, 0.5) is 0 Å². The number of hydrogen-bond donors (Lipinski definition) is 0. The van der Waals surface area contributed by atoms with Crippen LogP contribution in [0.3, 0.4) is 0 Å². The van der Waals surface area contributed by atoms with E-state index in [1.54, 1.807) is 0 Å². The Hall–Kier alpha value is -1.12. The number of rotatable bonds is 3. The predicted molar refractivity (Wildman–Crippen MR) is 75.4 cm³/mol. The van der Waals surface area contributed by atoms with Gasteiger partial charge < -0.3 is 0 Å². The summed E-state index contributed by atoms with van der Waals surface area (Å²) in [5, 5.41) is 1.23. The molecule has 0 aliphatic carbocycles. The highest BCUT2D eigenvalue weighted by molar-refractivity contribution is 6.30. The summed E-state index contributed by atoms with van der Waals surface area (Å²) in [5.41, 5.74) is 2.09. The number of hydrogen-bond acceptors (Lipinski definition) is 2. The zero-order chi connectivity index (χ0) is 13.1. The SMILES string of the molecule is CC(C)c1cc(Cl)nc(Cc2ccc(Cl)cc2)n1. The third-order valence-corrected chi connectivity index (χ3v) is 3.07. The largest absolute Gasteiger partial charge is 0.237 e. The van der Waals surface area contributed by atoms with Crippen molar-refractivity contribution >= 4 is 23.2 Å². The smallest absolute Gasteiger partial charge is 0.134 e. The van der Waals surface area contributed by atoms with Gasteiger partial charge in [0.05, 0.1) is 0 Å². The van der Waals surface area contributed by atoms with E-state index in [9.17, 15) is 0 Å². The third kappa shape index (κ3) is 3.44. The molecule has 94 valence electrons. The summed E-state index contributed by atoms with van der Waals surface area (Å²) in [4.78, 5) is 8.78. The maximum absolute atomic E-state index is 6.01. The highest BCUT2D eigenvalue weighted by Gasteiger charge is 2.07.